The highest BCUT2D eigenvalue weighted by Gasteiger charge is 2.09. The van der Waals surface area contributed by atoms with E-state index in [1.54, 1.807) is 0 Å². The van der Waals surface area contributed by atoms with Gasteiger partial charge in [-0.1, -0.05) is 0 Å². The van der Waals surface area contributed by atoms with Crippen LogP contribution in [-0.4, -0.2) is 59.9 Å². The Balaban J connectivity index is 3.61. The molecule has 0 unspecified atom stereocenters. The number of rotatable bonds is 7. The first-order chi connectivity index (χ1) is 6.57. The summed E-state index contributed by atoms with van der Waals surface area (Å²) in [5, 5.41) is 19.5. The standard InChI is InChI=1S/C7H15N3O4/c8-1-3-10(7(13)14)4-2-9-5-6(11)12/h9H,1-5,8H2,(H,11,12)(H,13,14). The zero-order valence-electron chi connectivity index (χ0n) is 7.77. The summed E-state index contributed by atoms with van der Waals surface area (Å²) >= 11 is 0. The number of carboxylic acid groups (broad SMARTS) is 2. The van der Waals surface area contributed by atoms with Crippen molar-refractivity contribution in [2.45, 2.75) is 0 Å². The van der Waals surface area contributed by atoms with Gasteiger partial charge in [0.15, 0.2) is 0 Å². The van der Waals surface area contributed by atoms with Crippen LogP contribution in [0.2, 0.25) is 0 Å². The zero-order chi connectivity index (χ0) is 11.0. The summed E-state index contributed by atoms with van der Waals surface area (Å²) in [5.41, 5.74) is 5.20. The number of hydrogen-bond donors (Lipinski definition) is 4. The molecule has 0 atom stereocenters. The molecule has 0 spiro atoms. The van der Waals surface area contributed by atoms with Crippen LogP contribution in [0, 0.1) is 0 Å². The van der Waals surface area contributed by atoms with Crippen molar-refractivity contribution in [1.29, 1.82) is 0 Å². The van der Waals surface area contributed by atoms with Crippen LogP contribution in [0.5, 0.6) is 0 Å². The van der Waals surface area contributed by atoms with E-state index in [4.69, 9.17) is 15.9 Å². The molecule has 0 rings (SSSR count). The third-order valence-corrected chi connectivity index (χ3v) is 1.50. The van der Waals surface area contributed by atoms with Crippen molar-refractivity contribution >= 4 is 12.1 Å². The van der Waals surface area contributed by atoms with E-state index in [1.807, 2.05) is 0 Å². The summed E-state index contributed by atoms with van der Waals surface area (Å²) in [5.74, 6) is -0.967. The van der Waals surface area contributed by atoms with Crippen molar-refractivity contribution < 1.29 is 19.8 Å². The molecule has 7 nitrogen and oxygen atoms in total. The summed E-state index contributed by atoms with van der Waals surface area (Å²) in [7, 11) is 0. The highest BCUT2D eigenvalue weighted by atomic mass is 16.4. The predicted octanol–water partition coefficient (Wildman–Crippen LogP) is -1.40. The minimum atomic E-state index is -1.05. The summed E-state index contributed by atoms with van der Waals surface area (Å²) in [6, 6.07) is 0. The van der Waals surface area contributed by atoms with Crippen molar-refractivity contribution in [3.8, 4) is 0 Å². The van der Waals surface area contributed by atoms with Crippen molar-refractivity contribution in [3.63, 3.8) is 0 Å². The van der Waals surface area contributed by atoms with Gasteiger partial charge in [0.05, 0.1) is 6.54 Å². The Morgan fingerprint density at radius 3 is 2.36 bits per heavy atom. The number of nitrogens with one attached hydrogen (secondary N) is 1. The SMILES string of the molecule is NCCN(CCNCC(=O)O)C(=O)O. The smallest absolute Gasteiger partial charge is 0.407 e. The molecule has 0 saturated carbocycles. The molecule has 14 heavy (non-hydrogen) atoms. The van der Waals surface area contributed by atoms with Crippen LogP contribution in [0.3, 0.4) is 0 Å². The molecule has 82 valence electrons. The van der Waals surface area contributed by atoms with Gasteiger partial charge in [0.25, 0.3) is 0 Å². The van der Waals surface area contributed by atoms with Gasteiger partial charge in [0, 0.05) is 26.2 Å². The van der Waals surface area contributed by atoms with Crippen molar-refractivity contribution in [1.82, 2.24) is 10.2 Å². The van der Waals surface area contributed by atoms with E-state index in [2.05, 4.69) is 5.32 Å². The van der Waals surface area contributed by atoms with E-state index in [-0.39, 0.29) is 26.2 Å². The molecule has 0 heterocycles. The fourth-order valence-electron chi connectivity index (χ4n) is 0.868. The first kappa shape index (κ1) is 12.7. The van der Waals surface area contributed by atoms with Crippen LogP contribution >= 0.6 is 0 Å². The van der Waals surface area contributed by atoms with Gasteiger partial charge in [-0.05, 0) is 0 Å². The molecule has 0 fully saturated rings. The van der Waals surface area contributed by atoms with Gasteiger partial charge < -0.3 is 26.2 Å². The summed E-state index contributed by atoms with van der Waals surface area (Å²) in [4.78, 5) is 21.8. The highest BCUT2D eigenvalue weighted by Crippen LogP contribution is 1.86. The molecule has 0 aliphatic heterocycles. The number of hydrogen-bond acceptors (Lipinski definition) is 4. The fraction of sp³-hybridized carbons (Fsp3) is 0.714. The maximum absolute atomic E-state index is 10.5. The molecule has 0 aromatic heterocycles. The lowest BCUT2D eigenvalue weighted by Gasteiger charge is -2.17. The minimum absolute atomic E-state index is 0.171. The topological polar surface area (TPSA) is 116 Å². The van der Waals surface area contributed by atoms with E-state index in [1.165, 1.54) is 0 Å². The Bertz CT molecular complexity index is 197. The predicted molar refractivity (Wildman–Crippen MR) is 49.2 cm³/mol. The molecule has 0 radical (unpaired) electrons. The lowest BCUT2D eigenvalue weighted by molar-refractivity contribution is -0.135. The first-order valence-corrected chi connectivity index (χ1v) is 4.18. The number of aliphatic carboxylic acids is 1. The van der Waals surface area contributed by atoms with Crippen LogP contribution in [-0.2, 0) is 4.79 Å². The van der Waals surface area contributed by atoms with Crippen molar-refractivity contribution in [2.24, 2.45) is 5.73 Å². The van der Waals surface area contributed by atoms with E-state index >= 15 is 0 Å². The number of carboxylic acids is 1. The molecule has 0 aromatic rings. The molecular formula is C7H15N3O4. The normalized spacial score (nSPS) is 9.79. The highest BCUT2D eigenvalue weighted by molar-refractivity contribution is 5.69. The fourth-order valence-corrected chi connectivity index (χ4v) is 0.868. The van der Waals surface area contributed by atoms with E-state index in [0.29, 0.717) is 6.54 Å². The van der Waals surface area contributed by atoms with E-state index < -0.39 is 12.1 Å². The Kier molecular flexibility index (Phi) is 6.42. The van der Waals surface area contributed by atoms with Gasteiger partial charge in [0.1, 0.15) is 0 Å². The van der Waals surface area contributed by atoms with E-state index in [9.17, 15) is 9.59 Å². The molecule has 0 aliphatic rings. The van der Waals surface area contributed by atoms with Crippen LogP contribution in [0.25, 0.3) is 0 Å². The zero-order valence-corrected chi connectivity index (χ0v) is 7.77. The van der Waals surface area contributed by atoms with Crippen molar-refractivity contribution in [3.05, 3.63) is 0 Å². The molecule has 7 heteroatoms. The second-order valence-electron chi connectivity index (χ2n) is 2.63. The van der Waals surface area contributed by atoms with Gasteiger partial charge in [0.2, 0.25) is 0 Å². The van der Waals surface area contributed by atoms with E-state index in [0.717, 1.165) is 4.90 Å². The third-order valence-electron chi connectivity index (χ3n) is 1.50. The largest absolute Gasteiger partial charge is 0.480 e. The molecule has 0 aromatic carbocycles. The second-order valence-corrected chi connectivity index (χ2v) is 2.63. The maximum atomic E-state index is 10.5. The third kappa shape index (κ3) is 6.21. The second kappa shape index (κ2) is 7.10. The van der Waals surface area contributed by atoms with Gasteiger partial charge in [-0.25, -0.2) is 4.79 Å². The average molecular weight is 205 g/mol. The maximum Gasteiger partial charge on any atom is 0.407 e. The first-order valence-electron chi connectivity index (χ1n) is 4.18. The van der Waals surface area contributed by atoms with Crippen LogP contribution < -0.4 is 11.1 Å². The number of amides is 1. The summed E-state index contributed by atoms with van der Waals surface area (Å²) < 4.78 is 0. The van der Waals surface area contributed by atoms with Gasteiger partial charge in [-0.3, -0.25) is 4.79 Å². The van der Waals surface area contributed by atoms with Gasteiger partial charge in [-0.15, -0.1) is 0 Å². The summed E-state index contributed by atoms with van der Waals surface area (Å²) in [6.07, 6.45) is -1.05. The molecule has 0 aliphatic carbocycles. The number of carbonyl (C=O) groups is 2. The quantitative estimate of drug-likeness (QED) is 0.380. The monoisotopic (exact) mass is 205 g/mol. The minimum Gasteiger partial charge on any atom is -0.480 e. The number of nitrogens with zero attached hydrogens (tertiary/aromatic N) is 1. The molecule has 0 bridgehead atoms. The van der Waals surface area contributed by atoms with Gasteiger partial charge in [-0.2, -0.15) is 0 Å². The molecule has 0 saturated heterocycles. The number of nitrogens with two attached hydrogens (primary N) is 1. The Hall–Kier alpha value is -1.34. The average Bonchev–Trinajstić information content (AvgIpc) is 2.09. The lowest BCUT2D eigenvalue weighted by atomic mass is 10.5. The lowest BCUT2D eigenvalue weighted by Crippen LogP contribution is -2.39. The van der Waals surface area contributed by atoms with Crippen LogP contribution in [0.4, 0.5) is 4.79 Å². The Morgan fingerprint density at radius 1 is 1.29 bits per heavy atom. The van der Waals surface area contributed by atoms with Crippen molar-refractivity contribution in [2.75, 3.05) is 32.7 Å². The van der Waals surface area contributed by atoms with Gasteiger partial charge >= 0.3 is 12.1 Å². The molecule has 5 N–H and O–H groups in total. The van der Waals surface area contributed by atoms with Crippen LogP contribution in [0.15, 0.2) is 0 Å². The molecular weight excluding hydrogens is 190 g/mol. The molecule has 1 amide bonds. The Labute approximate surface area is 81.5 Å². The Morgan fingerprint density at radius 2 is 1.93 bits per heavy atom. The summed E-state index contributed by atoms with van der Waals surface area (Å²) in [6.45, 7) is 0.879. The van der Waals surface area contributed by atoms with Crippen LogP contribution in [0.1, 0.15) is 0 Å².